The molecule has 0 atom stereocenters. The molecule has 0 saturated carbocycles. The van der Waals surface area contributed by atoms with Crippen molar-refractivity contribution in [2.24, 2.45) is 0 Å². The van der Waals surface area contributed by atoms with Crippen molar-refractivity contribution < 1.29 is 0 Å². The molecule has 0 aromatic heterocycles. The molecule has 7 aromatic carbocycles. The first-order valence-electron chi connectivity index (χ1n) is 15.3. The summed E-state index contributed by atoms with van der Waals surface area (Å²) in [5.74, 6) is 0. The molecule has 7 rings (SSSR count). The third-order valence-corrected chi connectivity index (χ3v) is 8.71. The smallest absolute Gasteiger partial charge is 0.00240 e. The summed E-state index contributed by atoms with van der Waals surface area (Å²) in [5, 5.41) is 0. The van der Waals surface area contributed by atoms with Crippen molar-refractivity contribution in [2.45, 2.75) is 13.8 Å². The van der Waals surface area contributed by atoms with E-state index in [0.717, 1.165) is 0 Å². The van der Waals surface area contributed by atoms with E-state index in [1.54, 1.807) is 0 Å². The molecular formula is C44H34. The van der Waals surface area contributed by atoms with Crippen molar-refractivity contribution in [1.29, 1.82) is 0 Å². The molecule has 0 aliphatic carbocycles. The Balaban J connectivity index is 1.40. The standard InChI is InChI=1S/C44H34/c1-31-30-42(39-24-18-36(19-25-39)33-12-6-3-7-13-33)44(41-28-22-38(23-29-41)35-16-10-5-11-17-35)43(32(31)2)40-26-20-37(21-27-40)34-14-8-4-9-15-34/h3-30H,1-2H3. The first-order chi connectivity index (χ1) is 21.7. The van der Waals surface area contributed by atoms with E-state index in [1.807, 2.05) is 0 Å². The van der Waals surface area contributed by atoms with E-state index in [-0.39, 0.29) is 0 Å². The molecule has 0 bridgehead atoms. The highest BCUT2D eigenvalue weighted by Gasteiger charge is 2.19. The Bertz CT molecular complexity index is 2000. The summed E-state index contributed by atoms with van der Waals surface area (Å²) < 4.78 is 0. The van der Waals surface area contributed by atoms with E-state index in [9.17, 15) is 0 Å². The second-order valence-corrected chi connectivity index (χ2v) is 11.4. The van der Waals surface area contributed by atoms with E-state index in [0.29, 0.717) is 0 Å². The highest BCUT2D eigenvalue weighted by atomic mass is 14.2. The molecule has 0 amide bonds. The molecule has 210 valence electrons. The molecule has 0 unspecified atom stereocenters. The first kappa shape index (κ1) is 27.4. The maximum atomic E-state index is 2.37. The lowest BCUT2D eigenvalue weighted by atomic mass is 9.82. The topological polar surface area (TPSA) is 0 Å². The van der Waals surface area contributed by atoms with E-state index >= 15 is 0 Å². The van der Waals surface area contributed by atoms with Gasteiger partial charge in [-0.3, -0.25) is 0 Å². The number of benzene rings is 7. The van der Waals surface area contributed by atoms with Gasteiger partial charge in [0.1, 0.15) is 0 Å². The van der Waals surface area contributed by atoms with Crippen LogP contribution in [-0.2, 0) is 0 Å². The molecule has 7 aromatic rings. The predicted octanol–water partition coefficient (Wildman–Crippen LogP) is 12.3. The SMILES string of the molecule is Cc1cc(-c2ccc(-c3ccccc3)cc2)c(-c2ccc(-c3ccccc3)cc2)c(-c2ccc(-c3ccccc3)cc2)c1C. The van der Waals surface area contributed by atoms with E-state index in [1.165, 1.54) is 77.9 Å². The quantitative estimate of drug-likeness (QED) is 0.189. The lowest BCUT2D eigenvalue weighted by Crippen LogP contribution is -1.97. The summed E-state index contributed by atoms with van der Waals surface area (Å²) in [4.78, 5) is 0. The van der Waals surface area contributed by atoms with Crippen molar-refractivity contribution in [3.05, 3.63) is 181 Å². The molecule has 0 saturated heterocycles. The van der Waals surface area contributed by atoms with E-state index in [2.05, 4.69) is 184 Å². The molecule has 0 heterocycles. The van der Waals surface area contributed by atoms with Gasteiger partial charge in [0.15, 0.2) is 0 Å². The highest BCUT2D eigenvalue weighted by Crippen LogP contribution is 2.44. The third kappa shape index (κ3) is 5.39. The van der Waals surface area contributed by atoms with Gasteiger partial charge in [0.2, 0.25) is 0 Å². The summed E-state index contributed by atoms with van der Waals surface area (Å²) in [5.41, 5.74) is 17.5. The predicted molar refractivity (Wildman–Crippen MR) is 189 cm³/mol. The van der Waals surface area contributed by atoms with E-state index < -0.39 is 0 Å². The average molecular weight is 563 g/mol. The van der Waals surface area contributed by atoms with Crippen molar-refractivity contribution in [1.82, 2.24) is 0 Å². The van der Waals surface area contributed by atoms with Crippen LogP contribution < -0.4 is 0 Å². The molecule has 0 radical (unpaired) electrons. The summed E-state index contributed by atoms with van der Waals surface area (Å²) in [7, 11) is 0. The summed E-state index contributed by atoms with van der Waals surface area (Å²) >= 11 is 0. The Hall–Kier alpha value is -5.46. The van der Waals surface area contributed by atoms with Crippen LogP contribution in [0.1, 0.15) is 11.1 Å². The van der Waals surface area contributed by atoms with Gasteiger partial charge >= 0.3 is 0 Å². The average Bonchev–Trinajstić information content (AvgIpc) is 3.11. The van der Waals surface area contributed by atoms with Crippen LogP contribution in [0.3, 0.4) is 0 Å². The zero-order chi connectivity index (χ0) is 29.9. The summed E-state index contributed by atoms with van der Waals surface area (Å²) in [6.45, 7) is 4.50. The minimum Gasteiger partial charge on any atom is -0.0622 e. The minimum absolute atomic E-state index is 1.22. The van der Waals surface area contributed by atoms with Gasteiger partial charge in [0.25, 0.3) is 0 Å². The van der Waals surface area contributed by atoms with Crippen molar-refractivity contribution >= 4 is 0 Å². The van der Waals surface area contributed by atoms with Crippen LogP contribution in [0.5, 0.6) is 0 Å². The van der Waals surface area contributed by atoms with Crippen LogP contribution in [0.4, 0.5) is 0 Å². The minimum atomic E-state index is 1.22. The van der Waals surface area contributed by atoms with Crippen LogP contribution in [0.2, 0.25) is 0 Å². The zero-order valence-corrected chi connectivity index (χ0v) is 25.2. The van der Waals surface area contributed by atoms with Gasteiger partial charge < -0.3 is 0 Å². The van der Waals surface area contributed by atoms with Crippen LogP contribution in [0, 0.1) is 13.8 Å². The molecule has 44 heavy (non-hydrogen) atoms. The molecule has 0 N–H and O–H groups in total. The first-order valence-corrected chi connectivity index (χ1v) is 15.3. The van der Waals surface area contributed by atoms with Gasteiger partial charge in [0, 0.05) is 0 Å². The summed E-state index contributed by atoms with van der Waals surface area (Å²) in [6, 6.07) is 61.4. The monoisotopic (exact) mass is 562 g/mol. The fourth-order valence-electron chi connectivity index (χ4n) is 6.20. The van der Waals surface area contributed by atoms with Crippen LogP contribution >= 0.6 is 0 Å². The Morgan fingerprint density at radius 2 is 0.568 bits per heavy atom. The molecule has 0 heteroatoms. The fourth-order valence-corrected chi connectivity index (χ4v) is 6.20. The zero-order valence-electron chi connectivity index (χ0n) is 25.2. The molecule has 0 aliphatic heterocycles. The van der Waals surface area contributed by atoms with Gasteiger partial charge in [-0.05, 0) is 91.7 Å². The Kier molecular flexibility index (Phi) is 7.49. The summed E-state index contributed by atoms with van der Waals surface area (Å²) in [6.07, 6.45) is 0. The number of hydrogen-bond donors (Lipinski definition) is 0. The molecule has 0 spiro atoms. The van der Waals surface area contributed by atoms with E-state index in [4.69, 9.17) is 0 Å². The third-order valence-electron chi connectivity index (χ3n) is 8.71. The van der Waals surface area contributed by atoms with Crippen molar-refractivity contribution in [3.63, 3.8) is 0 Å². The lowest BCUT2D eigenvalue weighted by Gasteiger charge is -2.21. The maximum absolute atomic E-state index is 2.37. The normalized spacial score (nSPS) is 11.0. The Morgan fingerprint density at radius 1 is 0.273 bits per heavy atom. The lowest BCUT2D eigenvalue weighted by molar-refractivity contribution is 1.34. The van der Waals surface area contributed by atoms with Crippen LogP contribution in [0.25, 0.3) is 66.8 Å². The van der Waals surface area contributed by atoms with Gasteiger partial charge in [-0.1, -0.05) is 170 Å². The van der Waals surface area contributed by atoms with Crippen molar-refractivity contribution in [3.8, 4) is 66.8 Å². The van der Waals surface area contributed by atoms with Crippen molar-refractivity contribution in [2.75, 3.05) is 0 Å². The van der Waals surface area contributed by atoms with Crippen LogP contribution in [-0.4, -0.2) is 0 Å². The molecule has 0 aliphatic rings. The highest BCUT2D eigenvalue weighted by molar-refractivity contribution is 5.97. The molecular weight excluding hydrogens is 528 g/mol. The second-order valence-electron chi connectivity index (χ2n) is 11.4. The Morgan fingerprint density at radius 3 is 0.955 bits per heavy atom. The maximum Gasteiger partial charge on any atom is -0.00240 e. The number of hydrogen-bond acceptors (Lipinski definition) is 0. The van der Waals surface area contributed by atoms with Gasteiger partial charge in [-0.2, -0.15) is 0 Å². The largest absolute Gasteiger partial charge is 0.0622 e. The number of aryl methyl sites for hydroxylation is 1. The number of rotatable bonds is 6. The Labute approximate surface area is 261 Å². The van der Waals surface area contributed by atoms with Gasteiger partial charge in [-0.25, -0.2) is 0 Å². The second kappa shape index (κ2) is 12.0. The molecule has 0 fully saturated rings. The molecule has 0 nitrogen and oxygen atoms in total. The fraction of sp³-hybridized carbons (Fsp3) is 0.0455. The van der Waals surface area contributed by atoms with Gasteiger partial charge in [0.05, 0.1) is 0 Å². The van der Waals surface area contributed by atoms with Gasteiger partial charge in [-0.15, -0.1) is 0 Å². The van der Waals surface area contributed by atoms with Crippen LogP contribution in [0.15, 0.2) is 170 Å².